The third-order valence-corrected chi connectivity index (χ3v) is 3.05. The number of furan rings is 1. The van der Waals surface area contributed by atoms with Crippen LogP contribution in [0.3, 0.4) is 0 Å². The Labute approximate surface area is 119 Å². The standard InChI is InChI=1S/C16H19NO3/c1-12-4-9-15(20-12)11-17(2)10-13-5-7-14(8-6-13)16(18)19-3/h4-9H,10-11H2,1-3H3. The molecule has 0 aliphatic heterocycles. The number of aryl methyl sites for hydroxylation is 1. The molecule has 0 amide bonds. The summed E-state index contributed by atoms with van der Waals surface area (Å²) in [4.78, 5) is 13.5. The number of rotatable bonds is 5. The van der Waals surface area contributed by atoms with Crippen LogP contribution in [0.4, 0.5) is 0 Å². The van der Waals surface area contributed by atoms with Crippen molar-refractivity contribution in [3.05, 3.63) is 59.0 Å². The molecule has 0 aliphatic rings. The molecule has 2 rings (SSSR count). The van der Waals surface area contributed by atoms with E-state index in [4.69, 9.17) is 4.42 Å². The summed E-state index contributed by atoms with van der Waals surface area (Å²) in [7, 11) is 3.42. The first kappa shape index (κ1) is 14.3. The summed E-state index contributed by atoms with van der Waals surface area (Å²) in [5.41, 5.74) is 1.71. The maximum absolute atomic E-state index is 11.3. The highest BCUT2D eigenvalue weighted by molar-refractivity contribution is 5.89. The molecule has 0 atom stereocenters. The number of hydrogen-bond donors (Lipinski definition) is 0. The molecule has 0 aliphatic carbocycles. The molecule has 2 aromatic rings. The van der Waals surface area contributed by atoms with Gasteiger partial charge in [-0.15, -0.1) is 0 Å². The number of methoxy groups -OCH3 is 1. The molecule has 4 nitrogen and oxygen atoms in total. The molecule has 1 heterocycles. The lowest BCUT2D eigenvalue weighted by atomic mass is 10.1. The predicted molar refractivity (Wildman–Crippen MR) is 76.4 cm³/mol. The van der Waals surface area contributed by atoms with Crippen LogP contribution >= 0.6 is 0 Å². The van der Waals surface area contributed by atoms with Gasteiger partial charge in [0.15, 0.2) is 0 Å². The van der Waals surface area contributed by atoms with Crippen LogP contribution in [0, 0.1) is 6.92 Å². The van der Waals surface area contributed by atoms with Crippen LogP contribution in [0.15, 0.2) is 40.8 Å². The zero-order chi connectivity index (χ0) is 14.5. The quantitative estimate of drug-likeness (QED) is 0.785. The molecule has 0 saturated carbocycles. The third-order valence-electron chi connectivity index (χ3n) is 3.05. The molecule has 106 valence electrons. The Morgan fingerprint density at radius 3 is 2.40 bits per heavy atom. The Morgan fingerprint density at radius 2 is 1.85 bits per heavy atom. The summed E-state index contributed by atoms with van der Waals surface area (Å²) in [6, 6.07) is 11.4. The lowest BCUT2D eigenvalue weighted by Gasteiger charge is -2.15. The van der Waals surface area contributed by atoms with Crippen molar-refractivity contribution in [3.63, 3.8) is 0 Å². The van der Waals surface area contributed by atoms with Gasteiger partial charge in [-0.2, -0.15) is 0 Å². The highest BCUT2D eigenvalue weighted by Gasteiger charge is 2.07. The van der Waals surface area contributed by atoms with E-state index >= 15 is 0 Å². The Morgan fingerprint density at radius 1 is 1.15 bits per heavy atom. The third kappa shape index (κ3) is 3.71. The van der Waals surface area contributed by atoms with Gasteiger partial charge in [-0.25, -0.2) is 4.79 Å². The van der Waals surface area contributed by atoms with Crippen LogP contribution in [-0.4, -0.2) is 25.0 Å². The van der Waals surface area contributed by atoms with Crippen LogP contribution in [0.1, 0.15) is 27.4 Å². The molecule has 0 bridgehead atoms. The SMILES string of the molecule is COC(=O)c1ccc(CN(C)Cc2ccc(C)o2)cc1. The Bertz CT molecular complexity index is 572. The van der Waals surface area contributed by atoms with Crippen LogP contribution in [-0.2, 0) is 17.8 Å². The van der Waals surface area contributed by atoms with Crippen LogP contribution < -0.4 is 0 Å². The van der Waals surface area contributed by atoms with Gasteiger partial charge in [-0.05, 0) is 43.8 Å². The van der Waals surface area contributed by atoms with E-state index in [-0.39, 0.29) is 5.97 Å². The van der Waals surface area contributed by atoms with E-state index in [1.54, 1.807) is 12.1 Å². The summed E-state index contributed by atoms with van der Waals surface area (Å²) in [5, 5.41) is 0. The summed E-state index contributed by atoms with van der Waals surface area (Å²) in [6.45, 7) is 3.49. The molecular weight excluding hydrogens is 254 g/mol. The molecule has 1 aromatic heterocycles. The number of esters is 1. The zero-order valence-electron chi connectivity index (χ0n) is 12.1. The van der Waals surface area contributed by atoms with Crippen molar-refractivity contribution in [3.8, 4) is 0 Å². The van der Waals surface area contributed by atoms with Crippen molar-refractivity contribution in [2.45, 2.75) is 20.0 Å². The normalized spacial score (nSPS) is 10.8. The average molecular weight is 273 g/mol. The van der Waals surface area contributed by atoms with Gasteiger partial charge in [0.1, 0.15) is 11.5 Å². The van der Waals surface area contributed by atoms with Gasteiger partial charge in [0.25, 0.3) is 0 Å². The van der Waals surface area contributed by atoms with Crippen molar-refractivity contribution in [1.82, 2.24) is 4.90 Å². The number of benzene rings is 1. The minimum atomic E-state index is -0.309. The maximum atomic E-state index is 11.3. The summed E-state index contributed by atoms with van der Waals surface area (Å²) in [6.07, 6.45) is 0. The molecule has 0 saturated heterocycles. The van der Waals surface area contributed by atoms with Gasteiger partial charge < -0.3 is 9.15 Å². The lowest BCUT2D eigenvalue weighted by Crippen LogP contribution is -2.16. The molecule has 0 unspecified atom stereocenters. The van der Waals surface area contributed by atoms with Gasteiger partial charge in [-0.3, -0.25) is 4.90 Å². The monoisotopic (exact) mass is 273 g/mol. The summed E-state index contributed by atoms with van der Waals surface area (Å²) in [5.74, 6) is 1.57. The molecule has 20 heavy (non-hydrogen) atoms. The minimum absolute atomic E-state index is 0.309. The van der Waals surface area contributed by atoms with Gasteiger partial charge >= 0.3 is 5.97 Å². The molecular formula is C16H19NO3. The second kappa shape index (κ2) is 6.39. The lowest BCUT2D eigenvalue weighted by molar-refractivity contribution is 0.0600. The highest BCUT2D eigenvalue weighted by atomic mass is 16.5. The second-order valence-electron chi connectivity index (χ2n) is 4.87. The van der Waals surface area contributed by atoms with E-state index in [2.05, 4.69) is 9.64 Å². The fraction of sp³-hybridized carbons (Fsp3) is 0.312. The molecule has 0 radical (unpaired) electrons. The van der Waals surface area contributed by atoms with E-state index in [0.29, 0.717) is 5.56 Å². The topological polar surface area (TPSA) is 42.7 Å². The van der Waals surface area contributed by atoms with Crippen molar-refractivity contribution >= 4 is 5.97 Å². The smallest absolute Gasteiger partial charge is 0.337 e. The van der Waals surface area contributed by atoms with Gasteiger partial charge in [0.05, 0.1) is 19.2 Å². The van der Waals surface area contributed by atoms with E-state index in [1.807, 2.05) is 38.2 Å². The first-order valence-electron chi connectivity index (χ1n) is 6.49. The first-order chi connectivity index (χ1) is 9.58. The largest absolute Gasteiger partial charge is 0.465 e. The fourth-order valence-corrected chi connectivity index (χ4v) is 2.07. The van der Waals surface area contributed by atoms with Crippen molar-refractivity contribution in [1.29, 1.82) is 0 Å². The van der Waals surface area contributed by atoms with Gasteiger partial charge in [0, 0.05) is 6.54 Å². The number of carbonyl (C=O) groups is 1. The van der Waals surface area contributed by atoms with E-state index in [9.17, 15) is 4.79 Å². The Kier molecular flexibility index (Phi) is 4.58. The highest BCUT2D eigenvalue weighted by Crippen LogP contribution is 2.12. The van der Waals surface area contributed by atoms with Crippen LogP contribution in [0.5, 0.6) is 0 Å². The maximum Gasteiger partial charge on any atom is 0.337 e. The molecule has 0 spiro atoms. The molecule has 0 N–H and O–H groups in total. The number of nitrogens with zero attached hydrogens (tertiary/aromatic N) is 1. The van der Waals surface area contributed by atoms with Crippen LogP contribution in [0.2, 0.25) is 0 Å². The van der Waals surface area contributed by atoms with Crippen molar-refractivity contribution in [2.75, 3.05) is 14.2 Å². The number of carbonyl (C=O) groups excluding carboxylic acids is 1. The van der Waals surface area contributed by atoms with Crippen molar-refractivity contribution in [2.24, 2.45) is 0 Å². The first-order valence-corrected chi connectivity index (χ1v) is 6.49. The minimum Gasteiger partial charge on any atom is -0.465 e. The van der Waals surface area contributed by atoms with E-state index in [1.165, 1.54) is 7.11 Å². The summed E-state index contributed by atoms with van der Waals surface area (Å²) >= 11 is 0. The van der Waals surface area contributed by atoms with Crippen LogP contribution in [0.25, 0.3) is 0 Å². The Balaban J connectivity index is 1.94. The van der Waals surface area contributed by atoms with Gasteiger partial charge in [0.2, 0.25) is 0 Å². The predicted octanol–water partition coefficient (Wildman–Crippen LogP) is 3.01. The van der Waals surface area contributed by atoms with Gasteiger partial charge in [-0.1, -0.05) is 12.1 Å². The molecule has 1 aromatic carbocycles. The van der Waals surface area contributed by atoms with E-state index < -0.39 is 0 Å². The van der Waals surface area contributed by atoms with E-state index in [0.717, 1.165) is 30.2 Å². The summed E-state index contributed by atoms with van der Waals surface area (Å²) < 4.78 is 10.2. The molecule has 0 fully saturated rings. The average Bonchev–Trinajstić information content (AvgIpc) is 2.84. The number of ether oxygens (including phenoxy) is 1. The Hall–Kier alpha value is -2.07. The molecule has 4 heteroatoms. The number of hydrogen-bond acceptors (Lipinski definition) is 4. The second-order valence-corrected chi connectivity index (χ2v) is 4.87. The fourth-order valence-electron chi connectivity index (χ4n) is 2.07. The zero-order valence-corrected chi connectivity index (χ0v) is 12.1. The van der Waals surface area contributed by atoms with Crippen molar-refractivity contribution < 1.29 is 13.9 Å².